The van der Waals surface area contributed by atoms with Gasteiger partial charge in [0.15, 0.2) is 11.6 Å². The van der Waals surface area contributed by atoms with Crippen LogP contribution in [0, 0.1) is 11.3 Å². The monoisotopic (exact) mass is 167 g/mol. The van der Waals surface area contributed by atoms with Gasteiger partial charge in [-0.15, -0.1) is 0 Å². The number of aromatic nitrogens is 2. The highest BCUT2D eigenvalue weighted by molar-refractivity contribution is 6.33. The predicted molar refractivity (Wildman–Crippen MR) is 38.7 cm³/mol. The summed E-state index contributed by atoms with van der Waals surface area (Å²) in [7, 11) is -0.370. The van der Waals surface area contributed by atoms with Gasteiger partial charge in [0.25, 0.3) is 0 Å². The van der Waals surface area contributed by atoms with Crippen LogP contribution >= 0.6 is 0 Å². The van der Waals surface area contributed by atoms with E-state index in [0.717, 1.165) is 0 Å². The first-order valence-corrected chi connectivity index (χ1v) is 3.10. The van der Waals surface area contributed by atoms with Gasteiger partial charge in [0.1, 0.15) is 6.07 Å². The highest BCUT2D eigenvalue weighted by atomic mass is 16.6. The summed E-state index contributed by atoms with van der Waals surface area (Å²) in [5, 5.41) is 28.9. The van der Waals surface area contributed by atoms with E-state index >= 15 is 0 Å². The van der Waals surface area contributed by atoms with Crippen LogP contribution in [0.15, 0.2) is 6.07 Å². The molecule has 0 unspecified atom stereocenters. The molecule has 1 aromatic heterocycles. The number of rotatable bonds is 2. The molecule has 0 aliphatic heterocycles. The average molecular weight is 167 g/mol. The SMILES string of the molecule is Cn1nc(C#N)cc1OB(O)O. The Kier molecular flexibility index (Phi) is 2.33. The van der Waals surface area contributed by atoms with E-state index in [1.54, 1.807) is 6.07 Å². The fraction of sp³-hybridized carbons (Fsp3) is 0.200. The van der Waals surface area contributed by atoms with Crippen molar-refractivity contribution in [3.8, 4) is 11.9 Å². The zero-order valence-electron chi connectivity index (χ0n) is 6.30. The molecule has 2 N–H and O–H groups in total. The summed E-state index contributed by atoms with van der Waals surface area (Å²) in [4.78, 5) is 0. The highest BCUT2D eigenvalue weighted by Gasteiger charge is 2.14. The van der Waals surface area contributed by atoms with Gasteiger partial charge < -0.3 is 14.7 Å². The molecule has 0 bridgehead atoms. The first kappa shape index (κ1) is 8.58. The van der Waals surface area contributed by atoms with Crippen LogP contribution in [0.5, 0.6) is 5.88 Å². The zero-order valence-corrected chi connectivity index (χ0v) is 6.30. The van der Waals surface area contributed by atoms with Crippen molar-refractivity contribution in [3.05, 3.63) is 11.8 Å². The molecule has 62 valence electrons. The van der Waals surface area contributed by atoms with Gasteiger partial charge in [-0.25, -0.2) is 4.68 Å². The third kappa shape index (κ3) is 1.75. The van der Waals surface area contributed by atoms with Crippen LogP contribution in [0.3, 0.4) is 0 Å². The molecule has 0 radical (unpaired) electrons. The topological polar surface area (TPSA) is 91.3 Å². The molecular formula is C5H6BN3O3. The third-order valence-corrected chi connectivity index (χ3v) is 1.18. The van der Waals surface area contributed by atoms with E-state index in [0.29, 0.717) is 0 Å². The van der Waals surface area contributed by atoms with Crippen molar-refractivity contribution in [2.45, 2.75) is 0 Å². The van der Waals surface area contributed by atoms with E-state index in [-0.39, 0.29) is 11.6 Å². The number of aryl methyl sites for hydroxylation is 1. The Bertz CT molecular complexity index is 316. The lowest BCUT2D eigenvalue weighted by atomic mass is 10.3. The summed E-state index contributed by atoms with van der Waals surface area (Å²) in [5.74, 6) is 0.126. The van der Waals surface area contributed by atoms with Gasteiger partial charge in [0.05, 0.1) is 0 Å². The molecule has 1 rings (SSSR count). The fourth-order valence-electron chi connectivity index (χ4n) is 0.723. The van der Waals surface area contributed by atoms with Crippen molar-refractivity contribution in [3.63, 3.8) is 0 Å². The Morgan fingerprint density at radius 2 is 2.42 bits per heavy atom. The van der Waals surface area contributed by atoms with Gasteiger partial charge in [-0.05, 0) is 0 Å². The average Bonchev–Trinajstić information content (AvgIpc) is 2.31. The van der Waals surface area contributed by atoms with E-state index in [9.17, 15) is 0 Å². The summed E-state index contributed by atoms with van der Waals surface area (Å²) in [6.45, 7) is 0. The molecule has 7 heteroatoms. The van der Waals surface area contributed by atoms with Crippen LogP contribution in [-0.2, 0) is 7.05 Å². The summed E-state index contributed by atoms with van der Waals surface area (Å²) in [6, 6.07) is 3.09. The Balaban J connectivity index is 2.86. The lowest BCUT2D eigenvalue weighted by molar-refractivity contribution is 0.277. The highest BCUT2D eigenvalue weighted by Crippen LogP contribution is 2.10. The second-order valence-corrected chi connectivity index (χ2v) is 2.05. The Labute approximate surface area is 68.8 Å². The second-order valence-electron chi connectivity index (χ2n) is 2.05. The third-order valence-electron chi connectivity index (χ3n) is 1.18. The van der Waals surface area contributed by atoms with E-state index in [1.165, 1.54) is 17.8 Å². The van der Waals surface area contributed by atoms with E-state index < -0.39 is 7.32 Å². The Morgan fingerprint density at radius 3 is 2.83 bits per heavy atom. The summed E-state index contributed by atoms with van der Waals surface area (Å²) >= 11 is 0. The number of hydrogen-bond acceptors (Lipinski definition) is 5. The molecule has 1 heterocycles. The minimum atomic E-state index is -1.90. The first-order valence-electron chi connectivity index (χ1n) is 3.10. The quantitative estimate of drug-likeness (QED) is 0.530. The zero-order chi connectivity index (χ0) is 9.14. The molecule has 0 aliphatic rings. The molecule has 0 atom stereocenters. The smallest absolute Gasteiger partial charge is 0.498 e. The van der Waals surface area contributed by atoms with Gasteiger partial charge in [-0.3, -0.25) is 0 Å². The van der Waals surface area contributed by atoms with Crippen LogP contribution in [0.25, 0.3) is 0 Å². The van der Waals surface area contributed by atoms with Crippen LogP contribution in [0.2, 0.25) is 0 Å². The second kappa shape index (κ2) is 3.25. The van der Waals surface area contributed by atoms with Gasteiger partial charge in [0.2, 0.25) is 0 Å². The van der Waals surface area contributed by atoms with Crippen LogP contribution in [0.1, 0.15) is 5.69 Å². The van der Waals surface area contributed by atoms with Gasteiger partial charge >= 0.3 is 7.32 Å². The molecule has 0 amide bonds. The van der Waals surface area contributed by atoms with E-state index in [1.807, 2.05) is 0 Å². The molecule has 0 spiro atoms. The predicted octanol–water partition coefficient (Wildman–Crippen LogP) is -1.36. The van der Waals surface area contributed by atoms with Crippen molar-refractivity contribution in [2.24, 2.45) is 7.05 Å². The minimum Gasteiger partial charge on any atom is -0.498 e. The van der Waals surface area contributed by atoms with Crippen LogP contribution in [0.4, 0.5) is 0 Å². The van der Waals surface area contributed by atoms with Crippen molar-refractivity contribution in [2.75, 3.05) is 0 Å². The van der Waals surface area contributed by atoms with E-state index in [4.69, 9.17) is 15.3 Å². The minimum absolute atomic E-state index is 0.126. The lowest BCUT2D eigenvalue weighted by Gasteiger charge is -2.02. The fourth-order valence-corrected chi connectivity index (χ4v) is 0.723. The van der Waals surface area contributed by atoms with Crippen molar-refractivity contribution >= 4 is 7.32 Å². The Morgan fingerprint density at radius 1 is 1.75 bits per heavy atom. The first-order chi connectivity index (χ1) is 5.63. The van der Waals surface area contributed by atoms with Crippen LogP contribution in [-0.4, -0.2) is 27.1 Å². The molecule has 0 aliphatic carbocycles. The molecule has 0 saturated heterocycles. The number of nitriles is 1. The summed E-state index contributed by atoms with van der Waals surface area (Å²) in [5.41, 5.74) is 0.160. The molecule has 0 saturated carbocycles. The maximum atomic E-state index is 8.42. The number of nitrogens with zero attached hydrogens (tertiary/aromatic N) is 3. The van der Waals surface area contributed by atoms with Crippen molar-refractivity contribution < 1.29 is 14.7 Å². The number of hydrogen-bond donors (Lipinski definition) is 2. The Hall–Kier alpha value is -1.52. The van der Waals surface area contributed by atoms with Gasteiger partial charge in [0, 0.05) is 13.1 Å². The molecule has 6 nitrogen and oxygen atoms in total. The van der Waals surface area contributed by atoms with Gasteiger partial charge in [-0.1, -0.05) is 0 Å². The van der Waals surface area contributed by atoms with Crippen molar-refractivity contribution in [1.82, 2.24) is 9.78 Å². The maximum Gasteiger partial charge on any atom is 0.708 e. The van der Waals surface area contributed by atoms with Crippen LogP contribution < -0.4 is 4.65 Å². The largest absolute Gasteiger partial charge is 0.708 e. The lowest BCUT2D eigenvalue weighted by Crippen LogP contribution is -2.21. The molecule has 0 aromatic carbocycles. The van der Waals surface area contributed by atoms with E-state index in [2.05, 4.69) is 9.75 Å². The summed E-state index contributed by atoms with van der Waals surface area (Å²) < 4.78 is 5.72. The standard InChI is InChI=1S/C5H6BN3O3/c1-9-5(12-6(10)11)2-4(3-7)8-9/h2,10-11H,1H3. The van der Waals surface area contributed by atoms with Crippen molar-refractivity contribution in [1.29, 1.82) is 5.26 Å². The van der Waals surface area contributed by atoms with Gasteiger partial charge in [-0.2, -0.15) is 10.4 Å². The normalized spacial score (nSPS) is 9.17. The molecular weight excluding hydrogens is 161 g/mol. The molecule has 12 heavy (non-hydrogen) atoms. The molecule has 0 fully saturated rings. The molecule has 1 aromatic rings. The maximum absolute atomic E-state index is 8.42. The summed E-state index contributed by atoms with van der Waals surface area (Å²) in [6.07, 6.45) is 0.